The number of nitrogens with zero attached hydrogens (tertiary/aromatic N) is 1. The van der Waals surface area contributed by atoms with Crippen molar-refractivity contribution < 1.29 is 14.3 Å². The molecule has 0 aromatic carbocycles. The summed E-state index contributed by atoms with van der Waals surface area (Å²) in [7, 11) is 1.64. The van der Waals surface area contributed by atoms with Gasteiger partial charge in [-0.05, 0) is 12.8 Å². The average Bonchev–Trinajstić information content (AvgIpc) is 3.03. The summed E-state index contributed by atoms with van der Waals surface area (Å²) in [4.78, 5) is 13.6. The van der Waals surface area contributed by atoms with Gasteiger partial charge in [-0.1, -0.05) is 0 Å². The largest absolute Gasteiger partial charge is 0.383 e. The van der Waals surface area contributed by atoms with Crippen molar-refractivity contribution in [3.8, 4) is 0 Å². The van der Waals surface area contributed by atoms with Crippen molar-refractivity contribution in [3.05, 3.63) is 0 Å². The lowest BCUT2D eigenvalue weighted by Gasteiger charge is -2.21. The Labute approximate surface area is 90.5 Å². The van der Waals surface area contributed by atoms with Crippen LogP contribution in [0.5, 0.6) is 0 Å². The second kappa shape index (κ2) is 6.76. The van der Waals surface area contributed by atoms with E-state index in [4.69, 9.17) is 15.2 Å². The van der Waals surface area contributed by atoms with E-state index in [0.29, 0.717) is 32.3 Å². The fraction of sp³-hybridized carbons (Fsp3) is 0.900. The van der Waals surface area contributed by atoms with Crippen LogP contribution in [0.1, 0.15) is 12.8 Å². The number of nitrogens with two attached hydrogens (primary N) is 1. The van der Waals surface area contributed by atoms with E-state index in [1.807, 2.05) is 4.90 Å². The molecule has 0 aromatic rings. The third-order valence-corrected chi connectivity index (χ3v) is 2.33. The van der Waals surface area contributed by atoms with Crippen LogP contribution >= 0.6 is 0 Å². The molecule has 0 aliphatic heterocycles. The summed E-state index contributed by atoms with van der Waals surface area (Å²) in [6.45, 7) is 2.27. The van der Waals surface area contributed by atoms with Gasteiger partial charge in [0.1, 0.15) is 6.61 Å². The third-order valence-electron chi connectivity index (χ3n) is 2.33. The molecule has 15 heavy (non-hydrogen) atoms. The van der Waals surface area contributed by atoms with Gasteiger partial charge in [-0.25, -0.2) is 0 Å². The first kappa shape index (κ1) is 12.4. The molecule has 1 amide bonds. The molecular weight excluding hydrogens is 196 g/mol. The number of ether oxygens (including phenoxy) is 2. The zero-order valence-corrected chi connectivity index (χ0v) is 9.28. The number of hydrogen-bond donors (Lipinski definition) is 1. The van der Waals surface area contributed by atoms with Gasteiger partial charge in [-0.3, -0.25) is 4.79 Å². The Morgan fingerprint density at radius 1 is 1.47 bits per heavy atom. The van der Waals surface area contributed by atoms with E-state index in [0.717, 1.165) is 12.8 Å². The van der Waals surface area contributed by atoms with E-state index in [-0.39, 0.29) is 12.5 Å². The van der Waals surface area contributed by atoms with E-state index in [1.165, 1.54) is 0 Å². The van der Waals surface area contributed by atoms with Crippen LogP contribution in [0.2, 0.25) is 0 Å². The monoisotopic (exact) mass is 216 g/mol. The SMILES string of the molecule is COCCN(C(=O)COCCN)C1CC1. The number of amides is 1. The summed E-state index contributed by atoms with van der Waals surface area (Å²) in [5, 5.41) is 0. The molecule has 88 valence electrons. The number of methoxy groups -OCH3 is 1. The minimum absolute atomic E-state index is 0.0444. The highest BCUT2D eigenvalue weighted by atomic mass is 16.5. The van der Waals surface area contributed by atoms with Crippen molar-refractivity contribution in [2.75, 3.05) is 40.0 Å². The maximum Gasteiger partial charge on any atom is 0.248 e. The van der Waals surface area contributed by atoms with Crippen LogP contribution < -0.4 is 5.73 Å². The van der Waals surface area contributed by atoms with Gasteiger partial charge in [0.15, 0.2) is 0 Å². The van der Waals surface area contributed by atoms with Crippen molar-refractivity contribution in [1.82, 2.24) is 4.90 Å². The molecule has 0 atom stereocenters. The second-order valence-electron chi connectivity index (χ2n) is 3.65. The van der Waals surface area contributed by atoms with Crippen LogP contribution in [0, 0.1) is 0 Å². The van der Waals surface area contributed by atoms with Crippen LogP contribution in [0.25, 0.3) is 0 Å². The number of carbonyl (C=O) groups excluding carboxylic acids is 1. The molecule has 5 heteroatoms. The maximum atomic E-state index is 11.7. The summed E-state index contributed by atoms with van der Waals surface area (Å²) >= 11 is 0. The summed E-state index contributed by atoms with van der Waals surface area (Å²) in [6, 6.07) is 0.411. The number of hydrogen-bond acceptors (Lipinski definition) is 4. The topological polar surface area (TPSA) is 64.8 Å². The summed E-state index contributed by atoms with van der Waals surface area (Å²) in [6.07, 6.45) is 2.21. The van der Waals surface area contributed by atoms with Crippen LogP contribution in [0.4, 0.5) is 0 Å². The van der Waals surface area contributed by atoms with E-state index in [2.05, 4.69) is 0 Å². The molecule has 0 heterocycles. The Kier molecular flexibility index (Phi) is 5.60. The van der Waals surface area contributed by atoms with Crippen molar-refractivity contribution in [2.24, 2.45) is 5.73 Å². The highest BCUT2D eigenvalue weighted by Gasteiger charge is 2.31. The van der Waals surface area contributed by atoms with Gasteiger partial charge in [-0.2, -0.15) is 0 Å². The quantitative estimate of drug-likeness (QED) is 0.561. The Morgan fingerprint density at radius 3 is 2.73 bits per heavy atom. The average molecular weight is 216 g/mol. The van der Waals surface area contributed by atoms with Crippen LogP contribution in [0.15, 0.2) is 0 Å². The minimum Gasteiger partial charge on any atom is -0.383 e. The molecule has 0 radical (unpaired) electrons. The maximum absolute atomic E-state index is 11.7. The first-order valence-electron chi connectivity index (χ1n) is 5.35. The molecule has 1 fully saturated rings. The van der Waals surface area contributed by atoms with Crippen LogP contribution in [-0.4, -0.2) is 56.9 Å². The highest BCUT2D eigenvalue weighted by molar-refractivity contribution is 5.78. The normalized spacial score (nSPS) is 15.3. The molecule has 1 saturated carbocycles. The first-order valence-corrected chi connectivity index (χ1v) is 5.35. The van der Waals surface area contributed by atoms with Gasteiger partial charge in [0, 0.05) is 26.2 Å². The van der Waals surface area contributed by atoms with Crippen LogP contribution in [-0.2, 0) is 14.3 Å². The molecule has 1 aliphatic rings. The number of rotatable bonds is 8. The molecule has 0 bridgehead atoms. The van der Waals surface area contributed by atoms with Crippen LogP contribution in [0.3, 0.4) is 0 Å². The van der Waals surface area contributed by atoms with E-state index >= 15 is 0 Å². The Hall–Kier alpha value is -0.650. The van der Waals surface area contributed by atoms with Gasteiger partial charge in [0.2, 0.25) is 5.91 Å². The zero-order valence-electron chi connectivity index (χ0n) is 9.28. The lowest BCUT2D eigenvalue weighted by molar-refractivity contribution is -0.137. The highest BCUT2D eigenvalue weighted by Crippen LogP contribution is 2.26. The van der Waals surface area contributed by atoms with Crippen molar-refractivity contribution in [1.29, 1.82) is 0 Å². The molecular formula is C10H20N2O3. The molecule has 0 saturated heterocycles. The van der Waals surface area contributed by atoms with E-state index in [9.17, 15) is 4.79 Å². The van der Waals surface area contributed by atoms with Crippen molar-refractivity contribution in [2.45, 2.75) is 18.9 Å². The van der Waals surface area contributed by atoms with Crippen molar-refractivity contribution in [3.63, 3.8) is 0 Å². The summed E-state index contributed by atoms with van der Waals surface area (Å²) in [5.41, 5.74) is 5.27. The van der Waals surface area contributed by atoms with Gasteiger partial charge < -0.3 is 20.1 Å². The summed E-state index contributed by atoms with van der Waals surface area (Å²) < 4.78 is 10.1. The third kappa shape index (κ3) is 4.59. The fourth-order valence-corrected chi connectivity index (χ4v) is 1.41. The number of carbonyl (C=O) groups is 1. The molecule has 2 N–H and O–H groups in total. The molecule has 0 spiro atoms. The molecule has 1 aliphatic carbocycles. The predicted octanol–water partition coefficient (Wildman–Crippen LogP) is -0.401. The Bertz CT molecular complexity index is 195. The van der Waals surface area contributed by atoms with E-state index < -0.39 is 0 Å². The molecule has 0 unspecified atom stereocenters. The summed E-state index contributed by atoms with van der Waals surface area (Å²) in [5.74, 6) is 0.0444. The second-order valence-corrected chi connectivity index (χ2v) is 3.65. The van der Waals surface area contributed by atoms with Gasteiger partial charge >= 0.3 is 0 Å². The molecule has 5 nitrogen and oxygen atoms in total. The zero-order chi connectivity index (χ0) is 11.1. The van der Waals surface area contributed by atoms with E-state index in [1.54, 1.807) is 7.11 Å². The lowest BCUT2D eigenvalue weighted by atomic mass is 10.4. The van der Waals surface area contributed by atoms with Gasteiger partial charge in [-0.15, -0.1) is 0 Å². The minimum atomic E-state index is 0.0444. The molecule has 0 aromatic heterocycles. The Balaban J connectivity index is 2.24. The van der Waals surface area contributed by atoms with Gasteiger partial charge in [0.25, 0.3) is 0 Å². The predicted molar refractivity (Wildman–Crippen MR) is 56.5 cm³/mol. The lowest BCUT2D eigenvalue weighted by Crippen LogP contribution is -2.38. The fourth-order valence-electron chi connectivity index (χ4n) is 1.41. The molecule has 1 rings (SSSR count). The first-order chi connectivity index (χ1) is 7.29. The Morgan fingerprint density at radius 2 is 2.20 bits per heavy atom. The van der Waals surface area contributed by atoms with Crippen molar-refractivity contribution >= 4 is 5.91 Å². The smallest absolute Gasteiger partial charge is 0.248 e. The van der Waals surface area contributed by atoms with Gasteiger partial charge in [0.05, 0.1) is 13.2 Å². The standard InChI is InChI=1S/C10H20N2O3/c1-14-7-5-12(9-2-3-9)10(13)8-15-6-4-11/h9H,2-8,11H2,1H3.